The van der Waals surface area contributed by atoms with Crippen LogP contribution in [0.2, 0.25) is 0 Å². The second-order valence-corrected chi connectivity index (χ2v) is 5.09. The van der Waals surface area contributed by atoms with Crippen molar-refractivity contribution in [2.24, 2.45) is 5.92 Å². The summed E-state index contributed by atoms with van der Waals surface area (Å²) < 4.78 is 5.04. The molecule has 0 bridgehead atoms. The van der Waals surface area contributed by atoms with Gasteiger partial charge in [-0.25, -0.2) is 0 Å². The molecule has 106 valence electrons. The second-order valence-electron chi connectivity index (χ2n) is 5.09. The fraction of sp³-hybridized carbons (Fsp3) is 0.500. The molecule has 1 saturated carbocycles. The number of benzene rings is 1. The molecule has 0 saturated heterocycles. The van der Waals surface area contributed by atoms with Crippen LogP contribution in [0.4, 0.5) is 0 Å². The zero-order valence-electron chi connectivity index (χ0n) is 11.8. The molecule has 2 atom stereocenters. The summed E-state index contributed by atoms with van der Waals surface area (Å²) in [5.74, 6) is 0.579. The van der Waals surface area contributed by atoms with Gasteiger partial charge in [-0.15, -0.1) is 0 Å². The van der Waals surface area contributed by atoms with Crippen LogP contribution in [-0.2, 0) is 9.53 Å². The molecule has 1 amide bonds. The van der Waals surface area contributed by atoms with E-state index >= 15 is 0 Å². The molecule has 0 radical (unpaired) electrons. The minimum Gasteiger partial charge on any atom is -0.383 e. The highest BCUT2D eigenvalue weighted by Crippen LogP contribution is 2.48. The van der Waals surface area contributed by atoms with Crippen molar-refractivity contribution in [3.63, 3.8) is 0 Å². The van der Waals surface area contributed by atoms with E-state index < -0.39 is 0 Å². The SMILES string of the molecule is COCCN(CCC#N)C(=O)C1CC1c1ccccc1. The summed E-state index contributed by atoms with van der Waals surface area (Å²) in [4.78, 5) is 14.2. The monoisotopic (exact) mass is 272 g/mol. The van der Waals surface area contributed by atoms with Gasteiger partial charge in [0.05, 0.1) is 19.1 Å². The Morgan fingerprint density at radius 1 is 1.40 bits per heavy atom. The Balaban J connectivity index is 1.94. The van der Waals surface area contributed by atoms with E-state index in [1.165, 1.54) is 5.56 Å². The summed E-state index contributed by atoms with van der Waals surface area (Å²) in [6.45, 7) is 1.58. The maximum absolute atomic E-state index is 12.5. The van der Waals surface area contributed by atoms with Crippen LogP contribution in [0.3, 0.4) is 0 Å². The third-order valence-corrected chi connectivity index (χ3v) is 3.71. The Kier molecular flexibility index (Phi) is 5.14. The van der Waals surface area contributed by atoms with Crippen molar-refractivity contribution in [1.29, 1.82) is 5.26 Å². The minimum atomic E-state index is 0.0768. The number of carbonyl (C=O) groups excluding carboxylic acids is 1. The van der Waals surface area contributed by atoms with Crippen molar-refractivity contribution >= 4 is 5.91 Å². The predicted octanol–water partition coefficient (Wildman–Crippen LogP) is 2.18. The number of nitrogens with zero attached hydrogens (tertiary/aromatic N) is 2. The van der Waals surface area contributed by atoms with Gasteiger partial charge in [0.1, 0.15) is 0 Å². The van der Waals surface area contributed by atoms with Crippen LogP contribution in [-0.4, -0.2) is 37.6 Å². The normalized spacial score (nSPS) is 20.2. The van der Waals surface area contributed by atoms with Gasteiger partial charge in [0, 0.05) is 26.1 Å². The van der Waals surface area contributed by atoms with E-state index in [1.807, 2.05) is 18.2 Å². The fourth-order valence-electron chi connectivity index (χ4n) is 2.49. The molecule has 1 fully saturated rings. The summed E-state index contributed by atoms with van der Waals surface area (Å²) in [7, 11) is 1.62. The second kappa shape index (κ2) is 7.06. The molecule has 0 spiro atoms. The van der Waals surface area contributed by atoms with Gasteiger partial charge < -0.3 is 9.64 Å². The van der Waals surface area contributed by atoms with E-state index in [-0.39, 0.29) is 11.8 Å². The van der Waals surface area contributed by atoms with E-state index in [0.29, 0.717) is 32.0 Å². The number of rotatable bonds is 7. The maximum atomic E-state index is 12.5. The zero-order chi connectivity index (χ0) is 14.4. The Morgan fingerprint density at radius 2 is 2.15 bits per heavy atom. The number of carbonyl (C=O) groups is 1. The van der Waals surface area contributed by atoms with Gasteiger partial charge in [-0.2, -0.15) is 5.26 Å². The fourth-order valence-corrected chi connectivity index (χ4v) is 2.49. The lowest BCUT2D eigenvalue weighted by atomic mass is 10.1. The van der Waals surface area contributed by atoms with Crippen molar-refractivity contribution in [2.45, 2.75) is 18.8 Å². The summed E-state index contributed by atoms with van der Waals surface area (Å²) in [6, 6.07) is 12.3. The van der Waals surface area contributed by atoms with Crippen LogP contribution in [0.1, 0.15) is 24.3 Å². The quantitative estimate of drug-likeness (QED) is 0.764. The van der Waals surface area contributed by atoms with Crippen molar-refractivity contribution in [3.05, 3.63) is 35.9 Å². The molecule has 1 aromatic carbocycles. The van der Waals surface area contributed by atoms with Gasteiger partial charge in [-0.3, -0.25) is 4.79 Å². The average Bonchev–Trinajstić information content (AvgIpc) is 3.28. The average molecular weight is 272 g/mol. The van der Waals surface area contributed by atoms with Gasteiger partial charge in [-0.1, -0.05) is 30.3 Å². The summed E-state index contributed by atoms with van der Waals surface area (Å²) in [5, 5.41) is 8.69. The number of hydrogen-bond donors (Lipinski definition) is 0. The molecule has 0 heterocycles. The molecule has 1 aliphatic carbocycles. The topological polar surface area (TPSA) is 53.3 Å². The van der Waals surface area contributed by atoms with Crippen molar-refractivity contribution in [2.75, 3.05) is 26.8 Å². The van der Waals surface area contributed by atoms with Gasteiger partial charge in [0.15, 0.2) is 0 Å². The summed E-state index contributed by atoms with van der Waals surface area (Å²) >= 11 is 0. The summed E-state index contributed by atoms with van der Waals surface area (Å²) in [5.41, 5.74) is 1.23. The van der Waals surface area contributed by atoms with E-state index in [2.05, 4.69) is 18.2 Å². The van der Waals surface area contributed by atoms with Crippen LogP contribution in [0, 0.1) is 17.2 Å². The molecule has 4 nitrogen and oxygen atoms in total. The van der Waals surface area contributed by atoms with Gasteiger partial charge in [0.25, 0.3) is 0 Å². The first-order chi connectivity index (χ1) is 9.77. The molecule has 2 unspecified atom stereocenters. The number of amides is 1. The number of ether oxygens (including phenoxy) is 1. The minimum absolute atomic E-state index is 0.0768. The highest BCUT2D eigenvalue weighted by Gasteiger charge is 2.45. The van der Waals surface area contributed by atoms with E-state index in [4.69, 9.17) is 10.00 Å². The molecule has 1 aliphatic rings. The maximum Gasteiger partial charge on any atom is 0.226 e. The van der Waals surface area contributed by atoms with Crippen LogP contribution < -0.4 is 0 Å². The smallest absolute Gasteiger partial charge is 0.226 e. The van der Waals surface area contributed by atoms with Crippen molar-refractivity contribution < 1.29 is 9.53 Å². The van der Waals surface area contributed by atoms with Crippen molar-refractivity contribution in [3.8, 4) is 6.07 Å². The molecule has 0 aliphatic heterocycles. The first kappa shape index (κ1) is 14.5. The lowest BCUT2D eigenvalue weighted by Crippen LogP contribution is -2.36. The van der Waals surface area contributed by atoms with E-state index in [1.54, 1.807) is 12.0 Å². The third-order valence-electron chi connectivity index (χ3n) is 3.71. The third kappa shape index (κ3) is 3.58. The molecule has 0 N–H and O–H groups in total. The highest BCUT2D eigenvalue weighted by atomic mass is 16.5. The highest BCUT2D eigenvalue weighted by molar-refractivity contribution is 5.83. The Bertz CT molecular complexity index is 481. The lowest BCUT2D eigenvalue weighted by Gasteiger charge is -2.21. The molecular weight excluding hydrogens is 252 g/mol. The standard InChI is InChI=1S/C16H20N2O2/c1-20-11-10-18(9-5-8-17)16(19)15-12-14(15)13-6-3-2-4-7-13/h2-4,6-7,14-15H,5,9-12H2,1H3. The molecule has 4 heteroatoms. The van der Waals surface area contributed by atoms with E-state index in [0.717, 1.165) is 6.42 Å². The number of methoxy groups -OCH3 is 1. The van der Waals surface area contributed by atoms with Gasteiger partial charge in [0.2, 0.25) is 5.91 Å². The first-order valence-electron chi connectivity index (χ1n) is 6.97. The predicted molar refractivity (Wildman–Crippen MR) is 76.0 cm³/mol. The summed E-state index contributed by atoms with van der Waals surface area (Å²) in [6.07, 6.45) is 1.29. The molecule has 1 aromatic rings. The first-order valence-corrected chi connectivity index (χ1v) is 6.97. The molecule has 20 heavy (non-hydrogen) atoms. The van der Waals surface area contributed by atoms with Gasteiger partial charge in [-0.05, 0) is 17.9 Å². The number of nitriles is 1. The Labute approximate surface area is 120 Å². The van der Waals surface area contributed by atoms with Crippen LogP contribution in [0.15, 0.2) is 30.3 Å². The zero-order valence-corrected chi connectivity index (χ0v) is 11.8. The lowest BCUT2D eigenvalue weighted by molar-refractivity contribution is -0.133. The van der Waals surface area contributed by atoms with Crippen LogP contribution >= 0.6 is 0 Å². The van der Waals surface area contributed by atoms with Gasteiger partial charge >= 0.3 is 0 Å². The molecule has 0 aromatic heterocycles. The van der Waals surface area contributed by atoms with Crippen molar-refractivity contribution in [1.82, 2.24) is 4.90 Å². The molecular formula is C16H20N2O2. The van der Waals surface area contributed by atoms with Crippen LogP contribution in [0.25, 0.3) is 0 Å². The van der Waals surface area contributed by atoms with Crippen LogP contribution in [0.5, 0.6) is 0 Å². The van der Waals surface area contributed by atoms with E-state index in [9.17, 15) is 4.79 Å². The Hall–Kier alpha value is -1.86. The Morgan fingerprint density at radius 3 is 2.80 bits per heavy atom. The number of hydrogen-bond acceptors (Lipinski definition) is 3. The largest absolute Gasteiger partial charge is 0.383 e. The molecule has 2 rings (SSSR count).